The van der Waals surface area contributed by atoms with E-state index in [0.29, 0.717) is 0 Å². The van der Waals surface area contributed by atoms with Gasteiger partial charge in [0.25, 0.3) is 5.97 Å². The Hall–Kier alpha value is 0.0129. The number of carboxylic acid groups (broad SMARTS) is 1. The molecule has 103 valence electrons. The van der Waals surface area contributed by atoms with E-state index in [1.165, 1.54) is 38.5 Å². The summed E-state index contributed by atoms with van der Waals surface area (Å²) in [7, 11) is 0. The summed E-state index contributed by atoms with van der Waals surface area (Å²) in [5.41, 5.74) is 0. The Morgan fingerprint density at radius 1 is 0.882 bits per heavy atom. The van der Waals surface area contributed by atoms with Gasteiger partial charge in [-0.1, -0.05) is 0 Å². The monoisotopic (exact) mass is 305 g/mol. The Morgan fingerprint density at radius 2 is 1.12 bits per heavy atom. The maximum absolute atomic E-state index is 9.00. The van der Waals surface area contributed by atoms with Crippen LogP contribution in [0.1, 0.15) is 66.2 Å². The van der Waals surface area contributed by atoms with E-state index in [1.807, 2.05) is 0 Å². The number of unbranched alkanes of at least 4 members (excludes halogenated alkanes) is 3. The number of rotatable bonds is 9. The van der Waals surface area contributed by atoms with Crippen LogP contribution in [-0.2, 0) is 4.79 Å². The summed E-state index contributed by atoms with van der Waals surface area (Å²) in [6, 6.07) is 0. The van der Waals surface area contributed by atoms with Crippen molar-refractivity contribution in [1.29, 1.82) is 0 Å². The normalized spacial score (nSPS) is 9.94. The molecule has 0 bridgehead atoms. The van der Waals surface area contributed by atoms with E-state index in [0.717, 1.165) is 6.92 Å². The van der Waals surface area contributed by atoms with E-state index in [4.69, 9.17) is 9.90 Å². The Balaban J connectivity index is 0. The van der Waals surface area contributed by atoms with Crippen molar-refractivity contribution in [2.45, 2.75) is 82.0 Å². The molecule has 0 spiro atoms. The fraction of sp³-hybridized carbons (Fsp3) is 0.929. The second kappa shape index (κ2) is 16.0. The third-order valence-electron chi connectivity index (χ3n) is 2.65. The van der Waals surface area contributed by atoms with Gasteiger partial charge in [-0.05, 0) is 0 Å². The van der Waals surface area contributed by atoms with Crippen LogP contribution in [0.4, 0.5) is 0 Å². The fourth-order valence-electron chi connectivity index (χ4n) is 1.66. The summed E-state index contributed by atoms with van der Waals surface area (Å²) < 4.78 is 0. The molecular weight excluding hydrogens is 273 g/mol. The van der Waals surface area contributed by atoms with Crippen molar-refractivity contribution in [3.63, 3.8) is 0 Å². The molecule has 0 saturated carbocycles. The zero-order chi connectivity index (χ0) is 13.5. The van der Waals surface area contributed by atoms with E-state index in [-0.39, 0.29) is 0 Å². The van der Waals surface area contributed by atoms with Gasteiger partial charge in [-0.3, -0.25) is 4.79 Å². The van der Waals surface area contributed by atoms with Gasteiger partial charge < -0.3 is 5.11 Å². The summed E-state index contributed by atoms with van der Waals surface area (Å²) >= 11 is -0.552. The van der Waals surface area contributed by atoms with Gasteiger partial charge in [0.2, 0.25) is 0 Å². The second-order valence-electron chi connectivity index (χ2n) is 4.58. The number of hydrogen-bond acceptors (Lipinski definition) is 1. The summed E-state index contributed by atoms with van der Waals surface area (Å²) in [5, 5.41) is 12.4. The number of carboxylic acids is 1. The molecule has 2 nitrogen and oxygen atoms in total. The van der Waals surface area contributed by atoms with Crippen molar-refractivity contribution in [3.8, 4) is 0 Å². The third kappa shape index (κ3) is 21.8. The Morgan fingerprint density at radius 3 is 1.29 bits per heavy atom. The van der Waals surface area contributed by atoms with Gasteiger partial charge in [0, 0.05) is 6.92 Å². The van der Waals surface area contributed by atoms with Crippen molar-refractivity contribution < 1.29 is 9.90 Å². The van der Waals surface area contributed by atoms with Gasteiger partial charge in [0.15, 0.2) is 0 Å². The average molecular weight is 304 g/mol. The van der Waals surface area contributed by atoms with Crippen LogP contribution in [-0.4, -0.2) is 25.4 Å². The minimum atomic E-state index is -0.833. The molecule has 0 rings (SSSR count). The van der Waals surface area contributed by atoms with Gasteiger partial charge in [0.05, 0.1) is 0 Å². The summed E-state index contributed by atoms with van der Waals surface area (Å²) in [6.07, 6.45) is 8.78. The fourth-order valence-corrected chi connectivity index (χ4v) is 8.60. The molecule has 0 aliphatic carbocycles. The van der Waals surface area contributed by atoms with Gasteiger partial charge in [0.1, 0.15) is 0 Å². The molecule has 0 aliphatic heterocycles. The van der Waals surface area contributed by atoms with Crippen LogP contribution in [0, 0.1) is 0 Å². The quantitative estimate of drug-likeness (QED) is 0.610. The number of aliphatic carboxylic acids is 1. The van der Waals surface area contributed by atoms with Crippen LogP contribution in [0.5, 0.6) is 0 Å². The van der Waals surface area contributed by atoms with Crippen molar-refractivity contribution >= 4 is 20.3 Å². The van der Waals surface area contributed by atoms with Gasteiger partial charge in [-0.25, -0.2) is 0 Å². The predicted molar refractivity (Wildman–Crippen MR) is 78.2 cm³/mol. The molecule has 17 heavy (non-hydrogen) atoms. The topological polar surface area (TPSA) is 37.3 Å². The third-order valence-corrected chi connectivity index (χ3v) is 9.33. The van der Waals surface area contributed by atoms with Crippen LogP contribution in [0.25, 0.3) is 0 Å². The van der Waals surface area contributed by atoms with E-state index in [2.05, 4.69) is 20.8 Å². The molecule has 0 heterocycles. The van der Waals surface area contributed by atoms with Gasteiger partial charge in [-0.2, -0.15) is 0 Å². The standard InChI is InChI=1S/C12H27Ge.C2H4O2/c1-4-7-10-13(11-8-5-2)12-9-6-3;1-2(3)4/h4-12H2,1-3H3;1H3,(H,3,4). The minimum absolute atomic E-state index is 0.552. The van der Waals surface area contributed by atoms with Crippen molar-refractivity contribution in [3.05, 3.63) is 0 Å². The first kappa shape index (κ1) is 19.4. The van der Waals surface area contributed by atoms with Crippen LogP contribution in [0.15, 0.2) is 0 Å². The Labute approximate surface area is 112 Å². The molecule has 0 aromatic rings. The molecule has 0 aliphatic rings. The number of hydrogen-bond donors (Lipinski definition) is 1. The predicted octanol–water partition coefficient (Wildman–Crippen LogP) is 4.97. The molecule has 3 heteroatoms. The summed E-state index contributed by atoms with van der Waals surface area (Å²) in [6.45, 7) is 8.07. The second-order valence-corrected chi connectivity index (χ2v) is 10.9. The zero-order valence-corrected chi connectivity index (χ0v) is 14.3. The molecule has 0 unspecified atom stereocenters. The summed E-state index contributed by atoms with van der Waals surface area (Å²) in [4.78, 5) is 9.00. The van der Waals surface area contributed by atoms with E-state index in [1.54, 1.807) is 15.8 Å². The van der Waals surface area contributed by atoms with Crippen molar-refractivity contribution in [1.82, 2.24) is 0 Å². The first-order valence-electron chi connectivity index (χ1n) is 7.11. The van der Waals surface area contributed by atoms with Crippen molar-refractivity contribution in [2.24, 2.45) is 0 Å². The van der Waals surface area contributed by atoms with Gasteiger partial charge in [-0.15, -0.1) is 0 Å². The SMILES string of the molecule is CC(=O)O.CCC[CH2][Ge]([CH2]CCC)[CH2]CCC. The molecule has 1 N–H and O–H groups in total. The molecule has 0 saturated heterocycles. The molecular formula is C14H31GeO2. The first-order valence-corrected chi connectivity index (χ1v) is 11.6. The molecule has 0 atom stereocenters. The molecule has 1 radical (unpaired) electrons. The van der Waals surface area contributed by atoms with Crippen LogP contribution in [0.3, 0.4) is 0 Å². The molecule has 0 aromatic heterocycles. The molecule has 0 fully saturated rings. The molecule has 0 aromatic carbocycles. The van der Waals surface area contributed by atoms with Crippen LogP contribution < -0.4 is 0 Å². The average Bonchev–Trinajstić information content (AvgIpc) is 2.27. The van der Waals surface area contributed by atoms with Gasteiger partial charge >= 0.3 is 89.4 Å². The molecule has 0 amide bonds. The first-order chi connectivity index (χ1) is 8.08. The van der Waals surface area contributed by atoms with Crippen molar-refractivity contribution in [2.75, 3.05) is 0 Å². The number of carbonyl (C=O) groups is 1. The maximum atomic E-state index is 9.00. The van der Waals surface area contributed by atoms with E-state index >= 15 is 0 Å². The van der Waals surface area contributed by atoms with E-state index in [9.17, 15) is 0 Å². The Kier molecular flexibility index (Phi) is 18.2. The Bertz CT molecular complexity index is 137. The zero-order valence-electron chi connectivity index (χ0n) is 12.2. The summed E-state index contributed by atoms with van der Waals surface area (Å²) in [5.74, 6) is -0.833. The van der Waals surface area contributed by atoms with Crippen LogP contribution in [0.2, 0.25) is 15.8 Å². The van der Waals surface area contributed by atoms with Crippen LogP contribution >= 0.6 is 0 Å². The van der Waals surface area contributed by atoms with E-state index < -0.39 is 20.3 Å².